The summed E-state index contributed by atoms with van der Waals surface area (Å²) >= 11 is 0. The van der Waals surface area contributed by atoms with Crippen LogP contribution < -0.4 is 15.6 Å². The number of aryl methyl sites for hydroxylation is 1. The van der Waals surface area contributed by atoms with Gasteiger partial charge in [0.05, 0.1) is 18.5 Å². The lowest BCUT2D eigenvalue weighted by molar-refractivity contribution is -0.120. The van der Waals surface area contributed by atoms with E-state index in [0.29, 0.717) is 31.6 Å². The molecule has 2 N–H and O–H groups in total. The molecule has 140 valence electrons. The van der Waals surface area contributed by atoms with E-state index in [4.69, 9.17) is 4.74 Å². The van der Waals surface area contributed by atoms with E-state index in [1.807, 2.05) is 62.4 Å². The topological polar surface area (TPSA) is 71.2 Å². The Kier molecular flexibility index (Phi) is 5.91. The first-order valence-electron chi connectivity index (χ1n) is 9.17. The van der Waals surface area contributed by atoms with Crippen molar-refractivity contribution in [2.75, 3.05) is 13.2 Å². The highest BCUT2D eigenvalue weighted by atomic mass is 16.5. The zero-order chi connectivity index (χ0) is 19.2. The van der Waals surface area contributed by atoms with Gasteiger partial charge < -0.3 is 15.0 Å². The van der Waals surface area contributed by atoms with Gasteiger partial charge in [-0.3, -0.25) is 9.59 Å². The minimum atomic E-state index is -0.0995. The molecule has 27 heavy (non-hydrogen) atoms. The SMILES string of the molecule is CCOc1ccc(CC(=O)NCCc2cc3cccc(C)c3[nH]c2=O)cc1. The Hall–Kier alpha value is -3.08. The van der Waals surface area contributed by atoms with Crippen LogP contribution in [-0.4, -0.2) is 24.0 Å². The molecule has 0 saturated heterocycles. The maximum atomic E-state index is 12.3. The molecule has 3 rings (SSSR count). The number of fused-ring (bicyclic) bond motifs is 1. The summed E-state index contributed by atoms with van der Waals surface area (Å²) in [5.41, 5.74) is 3.41. The Labute approximate surface area is 158 Å². The van der Waals surface area contributed by atoms with E-state index in [-0.39, 0.29) is 11.5 Å². The predicted molar refractivity (Wildman–Crippen MR) is 107 cm³/mol. The van der Waals surface area contributed by atoms with Crippen molar-refractivity contribution in [2.45, 2.75) is 26.7 Å². The van der Waals surface area contributed by atoms with Gasteiger partial charge in [-0.05, 0) is 55.0 Å². The summed E-state index contributed by atoms with van der Waals surface area (Å²) in [6, 6.07) is 15.3. The average molecular weight is 364 g/mol. The molecule has 1 amide bonds. The number of pyridine rings is 1. The third-order valence-corrected chi connectivity index (χ3v) is 4.48. The Morgan fingerprint density at radius 2 is 1.93 bits per heavy atom. The van der Waals surface area contributed by atoms with Crippen molar-refractivity contribution < 1.29 is 9.53 Å². The maximum absolute atomic E-state index is 12.3. The molecule has 0 aliphatic rings. The molecule has 5 nitrogen and oxygen atoms in total. The van der Waals surface area contributed by atoms with Crippen LogP contribution in [-0.2, 0) is 17.6 Å². The Morgan fingerprint density at radius 1 is 1.15 bits per heavy atom. The van der Waals surface area contributed by atoms with Crippen LogP contribution in [0.2, 0.25) is 0 Å². The number of nitrogens with one attached hydrogen (secondary N) is 2. The molecule has 0 aliphatic heterocycles. The minimum absolute atomic E-state index is 0.0628. The number of hydrogen-bond acceptors (Lipinski definition) is 3. The Balaban J connectivity index is 1.56. The van der Waals surface area contributed by atoms with Gasteiger partial charge in [-0.25, -0.2) is 0 Å². The van der Waals surface area contributed by atoms with Crippen LogP contribution in [0.5, 0.6) is 5.75 Å². The predicted octanol–water partition coefficient (Wildman–Crippen LogP) is 3.14. The van der Waals surface area contributed by atoms with E-state index >= 15 is 0 Å². The molecular formula is C22H24N2O3. The lowest BCUT2D eigenvalue weighted by Crippen LogP contribution is -2.28. The second-order valence-electron chi connectivity index (χ2n) is 6.52. The summed E-state index contributed by atoms with van der Waals surface area (Å²) in [6.07, 6.45) is 0.800. The van der Waals surface area contributed by atoms with Crippen molar-refractivity contribution >= 4 is 16.8 Å². The quantitative estimate of drug-likeness (QED) is 0.677. The monoisotopic (exact) mass is 364 g/mol. The fourth-order valence-corrected chi connectivity index (χ4v) is 3.07. The van der Waals surface area contributed by atoms with Crippen molar-refractivity contribution in [3.8, 4) is 5.75 Å². The first kappa shape index (κ1) is 18.7. The van der Waals surface area contributed by atoms with Gasteiger partial charge in [-0.15, -0.1) is 0 Å². The number of H-pyrrole nitrogens is 1. The molecule has 0 saturated carbocycles. The van der Waals surface area contributed by atoms with Crippen LogP contribution >= 0.6 is 0 Å². The Morgan fingerprint density at radius 3 is 2.67 bits per heavy atom. The summed E-state index contributed by atoms with van der Waals surface area (Å²) in [4.78, 5) is 27.3. The van der Waals surface area contributed by atoms with E-state index in [9.17, 15) is 9.59 Å². The lowest BCUT2D eigenvalue weighted by Gasteiger charge is -2.08. The number of hydrogen-bond donors (Lipinski definition) is 2. The van der Waals surface area contributed by atoms with E-state index in [2.05, 4.69) is 10.3 Å². The van der Waals surface area contributed by atoms with Gasteiger partial charge >= 0.3 is 0 Å². The van der Waals surface area contributed by atoms with Crippen molar-refractivity contribution in [1.82, 2.24) is 10.3 Å². The number of aromatic amines is 1. The van der Waals surface area contributed by atoms with Gasteiger partial charge in [-0.1, -0.05) is 30.3 Å². The van der Waals surface area contributed by atoms with Crippen molar-refractivity contribution in [3.05, 3.63) is 75.6 Å². The number of rotatable bonds is 7. The van der Waals surface area contributed by atoms with Gasteiger partial charge in [0.2, 0.25) is 5.91 Å². The maximum Gasteiger partial charge on any atom is 0.251 e. The van der Waals surface area contributed by atoms with Gasteiger partial charge in [0, 0.05) is 12.1 Å². The highest BCUT2D eigenvalue weighted by Gasteiger charge is 2.07. The number of aromatic nitrogens is 1. The number of carbonyl (C=O) groups excluding carboxylic acids is 1. The van der Waals surface area contributed by atoms with Gasteiger partial charge in [0.25, 0.3) is 5.56 Å². The third-order valence-electron chi connectivity index (χ3n) is 4.48. The van der Waals surface area contributed by atoms with E-state index in [0.717, 1.165) is 27.8 Å². The molecule has 0 atom stereocenters. The zero-order valence-electron chi connectivity index (χ0n) is 15.7. The van der Waals surface area contributed by atoms with Crippen LogP contribution in [0.3, 0.4) is 0 Å². The summed E-state index contributed by atoms with van der Waals surface area (Å²) in [5.74, 6) is 0.736. The molecule has 5 heteroatoms. The van der Waals surface area contributed by atoms with Crippen LogP contribution in [0.4, 0.5) is 0 Å². The Bertz CT molecular complexity index is 991. The molecular weight excluding hydrogens is 340 g/mol. The molecule has 0 radical (unpaired) electrons. The number of amides is 1. The van der Waals surface area contributed by atoms with E-state index < -0.39 is 0 Å². The van der Waals surface area contributed by atoms with Crippen LogP contribution in [0, 0.1) is 6.92 Å². The van der Waals surface area contributed by atoms with E-state index in [1.165, 1.54) is 0 Å². The molecule has 3 aromatic rings. The van der Waals surface area contributed by atoms with Crippen LogP contribution in [0.1, 0.15) is 23.6 Å². The smallest absolute Gasteiger partial charge is 0.251 e. The standard InChI is InChI=1S/C22H24N2O3/c1-3-27-19-9-7-16(8-10-19)13-20(25)23-12-11-18-14-17-6-4-5-15(2)21(17)24-22(18)26/h4-10,14H,3,11-13H2,1-2H3,(H,23,25)(H,24,26). The zero-order valence-corrected chi connectivity index (χ0v) is 15.7. The molecule has 1 heterocycles. The largest absolute Gasteiger partial charge is 0.494 e. The molecule has 0 unspecified atom stereocenters. The molecule has 0 bridgehead atoms. The number of carbonyl (C=O) groups is 1. The van der Waals surface area contributed by atoms with E-state index in [1.54, 1.807) is 0 Å². The molecule has 1 aromatic heterocycles. The third kappa shape index (κ3) is 4.76. The number of benzene rings is 2. The molecule has 0 spiro atoms. The summed E-state index contributed by atoms with van der Waals surface area (Å²) in [5, 5.41) is 3.89. The fourth-order valence-electron chi connectivity index (χ4n) is 3.07. The average Bonchev–Trinajstić information content (AvgIpc) is 2.65. The van der Waals surface area contributed by atoms with Gasteiger partial charge in [-0.2, -0.15) is 0 Å². The second kappa shape index (κ2) is 8.54. The van der Waals surface area contributed by atoms with Crippen molar-refractivity contribution in [3.63, 3.8) is 0 Å². The summed E-state index contributed by atoms with van der Waals surface area (Å²) in [7, 11) is 0. The van der Waals surface area contributed by atoms with Crippen LogP contribution in [0.15, 0.2) is 53.3 Å². The van der Waals surface area contributed by atoms with Gasteiger partial charge in [0.1, 0.15) is 5.75 Å². The first-order valence-corrected chi connectivity index (χ1v) is 9.17. The minimum Gasteiger partial charge on any atom is -0.494 e. The fraction of sp³-hybridized carbons (Fsp3) is 0.273. The van der Waals surface area contributed by atoms with Crippen molar-refractivity contribution in [2.24, 2.45) is 0 Å². The summed E-state index contributed by atoms with van der Waals surface area (Å²) in [6.45, 7) is 4.95. The molecule has 0 fully saturated rings. The lowest BCUT2D eigenvalue weighted by atomic mass is 10.1. The number of ether oxygens (including phenoxy) is 1. The highest BCUT2D eigenvalue weighted by molar-refractivity contribution is 5.82. The van der Waals surface area contributed by atoms with Crippen LogP contribution in [0.25, 0.3) is 10.9 Å². The van der Waals surface area contributed by atoms with Crippen molar-refractivity contribution in [1.29, 1.82) is 0 Å². The molecule has 0 aliphatic carbocycles. The summed E-state index contributed by atoms with van der Waals surface area (Å²) < 4.78 is 5.40. The first-order chi connectivity index (χ1) is 13.1. The molecule has 2 aromatic carbocycles. The number of para-hydroxylation sites is 1. The normalized spacial score (nSPS) is 10.7. The highest BCUT2D eigenvalue weighted by Crippen LogP contribution is 2.15. The van der Waals surface area contributed by atoms with Gasteiger partial charge in [0.15, 0.2) is 0 Å². The second-order valence-corrected chi connectivity index (χ2v) is 6.52.